The Bertz CT molecular complexity index is 306. The van der Waals surface area contributed by atoms with Crippen LogP contribution >= 0.6 is 0 Å². The maximum atomic E-state index is 4.15. The smallest absolute Gasteiger partial charge is 0.0312 e. The van der Waals surface area contributed by atoms with Crippen molar-refractivity contribution in [3.05, 3.63) is 36.5 Å². The summed E-state index contributed by atoms with van der Waals surface area (Å²) in [7, 11) is 0. The van der Waals surface area contributed by atoms with E-state index in [9.17, 15) is 0 Å². The van der Waals surface area contributed by atoms with Crippen LogP contribution in [-0.2, 0) is 6.54 Å². The molecule has 0 aliphatic carbocycles. The number of hydrogen-bond donors (Lipinski definition) is 0. The van der Waals surface area contributed by atoms with Gasteiger partial charge in [-0.1, -0.05) is 19.9 Å². The Morgan fingerprint density at radius 3 is 3.00 bits per heavy atom. The second kappa shape index (κ2) is 4.31. The molecule has 1 aliphatic heterocycles. The number of piperidine rings is 1. The van der Waals surface area contributed by atoms with Gasteiger partial charge in [-0.05, 0) is 36.4 Å². The molecular weight excluding hydrogens is 184 g/mol. The fourth-order valence-electron chi connectivity index (χ4n) is 2.24. The number of hydrogen-bond acceptors (Lipinski definition) is 2. The molecule has 0 atom stereocenters. The van der Waals surface area contributed by atoms with Gasteiger partial charge in [-0.2, -0.15) is 0 Å². The molecule has 0 unspecified atom stereocenters. The van der Waals surface area contributed by atoms with Crippen molar-refractivity contribution in [2.45, 2.75) is 26.8 Å². The lowest BCUT2D eigenvalue weighted by Gasteiger charge is -2.37. The van der Waals surface area contributed by atoms with Gasteiger partial charge in [0.25, 0.3) is 0 Å². The van der Waals surface area contributed by atoms with E-state index in [1.54, 1.807) is 0 Å². The first-order chi connectivity index (χ1) is 7.16. The summed E-state index contributed by atoms with van der Waals surface area (Å²) in [5.74, 6) is 0. The van der Waals surface area contributed by atoms with E-state index in [-0.39, 0.29) is 0 Å². The van der Waals surface area contributed by atoms with Crippen molar-refractivity contribution in [1.29, 1.82) is 0 Å². The molecule has 0 saturated carbocycles. The second-order valence-electron chi connectivity index (χ2n) is 5.05. The summed E-state index contributed by atoms with van der Waals surface area (Å²) in [4.78, 5) is 6.66. The highest BCUT2D eigenvalue weighted by atomic mass is 15.1. The van der Waals surface area contributed by atoms with E-state index in [2.05, 4.69) is 36.2 Å². The Labute approximate surface area is 92.3 Å². The summed E-state index contributed by atoms with van der Waals surface area (Å²) in [6.07, 6.45) is 7.43. The monoisotopic (exact) mass is 203 g/mol. The van der Waals surface area contributed by atoms with Crippen molar-refractivity contribution in [3.63, 3.8) is 0 Å². The molecule has 1 radical (unpaired) electrons. The predicted octanol–water partition coefficient (Wildman–Crippen LogP) is 2.52. The number of pyridine rings is 1. The third kappa shape index (κ3) is 3.03. The van der Waals surface area contributed by atoms with Crippen molar-refractivity contribution in [3.8, 4) is 0 Å². The van der Waals surface area contributed by atoms with E-state index < -0.39 is 0 Å². The van der Waals surface area contributed by atoms with Crippen molar-refractivity contribution in [2.24, 2.45) is 5.41 Å². The van der Waals surface area contributed by atoms with Crippen LogP contribution < -0.4 is 0 Å². The predicted molar refractivity (Wildman–Crippen MR) is 62.2 cm³/mol. The third-order valence-corrected chi connectivity index (χ3v) is 2.90. The van der Waals surface area contributed by atoms with Crippen molar-refractivity contribution >= 4 is 0 Å². The van der Waals surface area contributed by atoms with Crippen LogP contribution in [0.15, 0.2) is 24.5 Å². The lowest BCUT2D eigenvalue weighted by molar-refractivity contribution is 0.155. The number of likely N-dealkylation sites (tertiary alicyclic amines) is 1. The molecule has 1 fully saturated rings. The summed E-state index contributed by atoms with van der Waals surface area (Å²) in [5, 5.41) is 0. The van der Waals surface area contributed by atoms with Gasteiger partial charge in [-0.25, -0.2) is 0 Å². The maximum Gasteiger partial charge on any atom is 0.0312 e. The highest BCUT2D eigenvalue weighted by Gasteiger charge is 2.26. The van der Waals surface area contributed by atoms with E-state index in [1.165, 1.54) is 18.5 Å². The van der Waals surface area contributed by atoms with Gasteiger partial charge in [0.1, 0.15) is 0 Å². The topological polar surface area (TPSA) is 16.1 Å². The Morgan fingerprint density at radius 2 is 2.33 bits per heavy atom. The standard InChI is InChI=1S/C13H19N2/c1-13(2)6-4-8-15(11-13)10-12-5-3-7-14-9-12/h3,5-7,9H,4,8,10-11H2,1-2H3. The second-order valence-corrected chi connectivity index (χ2v) is 5.05. The van der Waals surface area contributed by atoms with Gasteiger partial charge >= 0.3 is 0 Å². The molecule has 0 bridgehead atoms. The first kappa shape index (κ1) is 10.6. The molecule has 0 spiro atoms. The summed E-state index contributed by atoms with van der Waals surface area (Å²) in [6, 6.07) is 4.16. The van der Waals surface area contributed by atoms with Gasteiger partial charge in [0, 0.05) is 25.5 Å². The van der Waals surface area contributed by atoms with Crippen LogP contribution in [0.1, 0.15) is 25.8 Å². The van der Waals surface area contributed by atoms with Crippen LogP contribution in [0, 0.1) is 11.8 Å². The molecule has 1 aromatic heterocycles. The first-order valence-electron chi connectivity index (χ1n) is 5.61. The van der Waals surface area contributed by atoms with Gasteiger partial charge in [-0.3, -0.25) is 9.88 Å². The van der Waals surface area contributed by atoms with Gasteiger partial charge in [0.05, 0.1) is 0 Å². The van der Waals surface area contributed by atoms with Crippen molar-refractivity contribution in [1.82, 2.24) is 9.88 Å². The van der Waals surface area contributed by atoms with E-state index >= 15 is 0 Å². The van der Waals surface area contributed by atoms with Crippen LogP contribution in [0.5, 0.6) is 0 Å². The molecule has 0 N–H and O–H groups in total. The summed E-state index contributed by atoms with van der Waals surface area (Å²) in [6.45, 7) is 7.98. The summed E-state index contributed by atoms with van der Waals surface area (Å²) in [5.41, 5.74) is 1.68. The highest BCUT2D eigenvalue weighted by Crippen LogP contribution is 2.28. The average molecular weight is 203 g/mol. The van der Waals surface area contributed by atoms with Crippen molar-refractivity contribution in [2.75, 3.05) is 13.1 Å². The molecule has 1 saturated heterocycles. The fourth-order valence-corrected chi connectivity index (χ4v) is 2.24. The molecule has 0 aromatic carbocycles. The van der Waals surface area contributed by atoms with Gasteiger partial charge < -0.3 is 0 Å². The van der Waals surface area contributed by atoms with E-state index in [4.69, 9.17) is 0 Å². The molecule has 1 aromatic rings. The van der Waals surface area contributed by atoms with Crippen LogP contribution in [0.25, 0.3) is 0 Å². The highest BCUT2D eigenvalue weighted by molar-refractivity contribution is 5.09. The minimum Gasteiger partial charge on any atom is -0.298 e. The summed E-state index contributed by atoms with van der Waals surface area (Å²) < 4.78 is 0. The molecule has 15 heavy (non-hydrogen) atoms. The van der Waals surface area contributed by atoms with Crippen LogP contribution in [0.3, 0.4) is 0 Å². The minimum atomic E-state index is 0.362. The van der Waals surface area contributed by atoms with Gasteiger partial charge in [-0.15, -0.1) is 0 Å². The fraction of sp³-hybridized carbons (Fsp3) is 0.538. The van der Waals surface area contributed by atoms with E-state index in [0.717, 1.165) is 13.1 Å². The molecule has 2 rings (SSSR count). The minimum absolute atomic E-state index is 0.362. The van der Waals surface area contributed by atoms with Crippen LogP contribution in [0.2, 0.25) is 0 Å². The first-order valence-corrected chi connectivity index (χ1v) is 5.61. The number of rotatable bonds is 2. The normalized spacial score (nSPS) is 21.5. The molecular formula is C13H19N2. The van der Waals surface area contributed by atoms with Crippen molar-refractivity contribution < 1.29 is 0 Å². The molecule has 2 heterocycles. The van der Waals surface area contributed by atoms with E-state index in [1.807, 2.05) is 18.5 Å². The largest absolute Gasteiger partial charge is 0.298 e. The number of aromatic nitrogens is 1. The van der Waals surface area contributed by atoms with Gasteiger partial charge in [0.15, 0.2) is 0 Å². The third-order valence-electron chi connectivity index (χ3n) is 2.90. The Hall–Kier alpha value is -0.890. The lowest BCUT2D eigenvalue weighted by atomic mass is 9.84. The molecule has 2 nitrogen and oxygen atoms in total. The zero-order valence-corrected chi connectivity index (χ0v) is 9.61. The Balaban J connectivity index is 1.95. The van der Waals surface area contributed by atoms with E-state index in [0.29, 0.717) is 5.41 Å². The van der Waals surface area contributed by atoms with Gasteiger partial charge in [0.2, 0.25) is 0 Å². The zero-order chi connectivity index (χ0) is 10.7. The average Bonchev–Trinajstić information content (AvgIpc) is 2.17. The quantitative estimate of drug-likeness (QED) is 0.734. The van der Waals surface area contributed by atoms with Crippen LogP contribution in [0.4, 0.5) is 0 Å². The summed E-state index contributed by atoms with van der Waals surface area (Å²) >= 11 is 0. The molecule has 1 aliphatic rings. The zero-order valence-electron chi connectivity index (χ0n) is 9.61. The maximum absolute atomic E-state index is 4.15. The Morgan fingerprint density at radius 1 is 1.47 bits per heavy atom. The molecule has 0 amide bonds. The lowest BCUT2D eigenvalue weighted by Crippen LogP contribution is -2.39. The van der Waals surface area contributed by atoms with Crippen LogP contribution in [-0.4, -0.2) is 23.0 Å². The Kier molecular flexibility index (Phi) is 3.06. The SMILES string of the molecule is CC1(C)[CH]CCN(Cc2cccnc2)C1. The molecule has 81 valence electrons. The number of nitrogens with zero attached hydrogens (tertiary/aromatic N) is 2. The molecule has 2 heteroatoms.